The molecule has 0 N–H and O–H groups in total. The van der Waals surface area contributed by atoms with Gasteiger partial charge in [-0.2, -0.15) is 0 Å². The van der Waals surface area contributed by atoms with Crippen molar-refractivity contribution in [1.29, 1.82) is 0 Å². The van der Waals surface area contributed by atoms with Gasteiger partial charge in [0.15, 0.2) is 0 Å². The molecule has 0 saturated carbocycles. The highest BCUT2D eigenvalue weighted by atomic mass is 16.6. The summed E-state index contributed by atoms with van der Waals surface area (Å²) in [5, 5.41) is 0. The Kier molecular flexibility index (Phi) is 1.65. The standard InChI is InChI=1S/C11H6O3/c1-3-7-5-9-8(4-6(7)2)10(12)14-11(9)13/h1,4-5H,2H3. The molecule has 0 unspecified atom stereocenters. The molecule has 1 aromatic rings. The quantitative estimate of drug-likeness (QED) is 0.348. The topological polar surface area (TPSA) is 43.4 Å². The minimum absolute atomic E-state index is 0.258. The van der Waals surface area contributed by atoms with Gasteiger partial charge in [-0.1, -0.05) is 5.92 Å². The average molecular weight is 186 g/mol. The summed E-state index contributed by atoms with van der Waals surface area (Å²) in [6.07, 6.45) is 5.24. The second-order valence-corrected chi connectivity index (χ2v) is 3.03. The third kappa shape index (κ3) is 1.01. The molecular formula is C11H6O3. The lowest BCUT2D eigenvalue weighted by atomic mass is 10.0. The summed E-state index contributed by atoms with van der Waals surface area (Å²) >= 11 is 0. The van der Waals surface area contributed by atoms with Crippen LogP contribution in [0.25, 0.3) is 0 Å². The third-order valence-corrected chi connectivity index (χ3v) is 2.15. The normalized spacial score (nSPS) is 13.4. The van der Waals surface area contributed by atoms with Crippen molar-refractivity contribution in [2.75, 3.05) is 0 Å². The van der Waals surface area contributed by atoms with Crippen LogP contribution in [-0.4, -0.2) is 11.9 Å². The summed E-state index contributed by atoms with van der Waals surface area (Å²) in [6, 6.07) is 3.09. The zero-order valence-electron chi connectivity index (χ0n) is 7.46. The predicted molar refractivity (Wildman–Crippen MR) is 48.9 cm³/mol. The molecule has 0 amide bonds. The molecule has 68 valence electrons. The SMILES string of the molecule is C#Cc1cc2c(cc1C)C(=O)OC2=O. The average Bonchev–Trinajstić information content (AvgIpc) is 2.41. The van der Waals surface area contributed by atoms with Crippen molar-refractivity contribution in [3.8, 4) is 12.3 Å². The molecule has 0 aromatic heterocycles. The molecule has 1 aliphatic heterocycles. The number of carbonyl (C=O) groups is 2. The molecule has 1 aromatic carbocycles. The minimum atomic E-state index is -0.624. The van der Waals surface area contributed by atoms with E-state index >= 15 is 0 Å². The summed E-state index contributed by atoms with van der Waals surface area (Å²) in [6.45, 7) is 1.78. The van der Waals surface area contributed by atoms with E-state index in [0.29, 0.717) is 11.1 Å². The van der Waals surface area contributed by atoms with Crippen LogP contribution in [0.2, 0.25) is 0 Å². The van der Waals surface area contributed by atoms with Crippen LogP contribution in [0.15, 0.2) is 12.1 Å². The second kappa shape index (κ2) is 2.71. The van der Waals surface area contributed by atoms with E-state index in [-0.39, 0.29) is 5.56 Å². The fourth-order valence-corrected chi connectivity index (χ4v) is 1.40. The molecular weight excluding hydrogens is 180 g/mol. The number of benzene rings is 1. The number of cyclic esters (lactones) is 2. The van der Waals surface area contributed by atoms with Gasteiger partial charge in [-0.25, -0.2) is 9.59 Å². The largest absolute Gasteiger partial charge is 0.386 e. The number of carbonyl (C=O) groups excluding carboxylic acids is 2. The molecule has 0 saturated heterocycles. The number of aryl methyl sites for hydroxylation is 1. The number of esters is 2. The van der Waals surface area contributed by atoms with E-state index < -0.39 is 11.9 Å². The number of rotatable bonds is 0. The van der Waals surface area contributed by atoms with Crippen molar-refractivity contribution in [3.63, 3.8) is 0 Å². The van der Waals surface area contributed by atoms with Crippen LogP contribution in [0.3, 0.4) is 0 Å². The van der Waals surface area contributed by atoms with E-state index in [4.69, 9.17) is 6.42 Å². The highest BCUT2D eigenvalue weighted by Gasteiger charge is 2.30. The second-order valence-electron chi connectivity index (χ2n) is 3.03. The maximum Gasteiger partial charge on any atom is 0.346 e. The summed E-state index contributed by atoms with van der Waals surface area (Å²) in [5.41, 5.74) is 1.95. The maximum absolute atomic E-state index is 11.1. The molecule has 1 aliphatic rings. The van der Waals surface area contributed by atoms with Gasteiger partial charge >= 0.3 is 11.9 Å². The Morgan fingerprint density at radius 3 is 2.36 bits per heavy atom. The molecule has 0 atom stereocenters. The maximum atomic E-state index is 11.1. The van der Waals surface area contributed by atoms with Crippen LogP contribution in [0.1, 0.15) is 31.8 Å². The van der Waals surface area contributed by atoms with Crippen molar-refractivity contribution >= 4 is 11.9 Å². The van der Waals surface area contributed by atoms with Gasteiger partial charge in [-0.15, -0.1) is 6.42 Å². The summed E-state index contributed by atoms with van der Waals surface area (Å²) in [5.74, 6) is 1.22. The van der Waals surface area contributed by atoms with Crippen molar-refractivity contribution < 1.29 is 14.3 Å². The highest BCUT2D eigenvalue weighted by Crippen LogP contribution is 2.23. The molecule has 0 spiro atoms. The summed E-state index contributed by atoms with van der Waals surface area (Å²) in [4.78, 5) is 22.3. The molecule has 0 bridgehead atoms. The van der Waals surface area contributed by atoms with Crippen LogP contribution in [0.4, 0.5) is 0 Å². The van der Waals surface area contributed by atoms with Crippen LogP contribution in [-0.2, 0) is 4.74 Å². The number of hydrogen-bond acceptors (Lipinski definition) is 3. The third-order valence-electron chi connectivity index (χ3n) is 2.15. The van der Waals surface area contributed by atoms with Gasteiger partial charge in [0.05, 0.1) is 11.1 Å². The van der Waals surface area contributed by atoms with Gasteiger partial charge < -0.3 is 4.74 Å². The van der Waals surface area contributed by atoms with E-state index in [0.717, 1.165) is 5.56 Å². The Bertz CT molecular complexity index is 492. The first-order chi connectivity index (χ1) is 6.63. The molecule has 1 heterocycles. The first kappa shape index (κ1) is 8.52. The number of hydrogen-bond donors (Lipinski definition) is 0. The van der Waals surface area contributed by atoms with Crippen molar-refractivity contribution in [3.05, 3.63) is 34.4 Å². The summed E-state index contributed by atoms with van der Waals surface area (Å²) in [7, 11) is 0. The lowest BCUT2D eigenvalue weighted by Gasteiger charge is -1.99. The van der Waals surface area contributed by atoms with Gasteiger partial charge in [0, 0.05) is 5.56 Å². The van der Waals surface area contributed by atoms with Crippen LogP contribution in [0.5, 0.6) is 0 Å². The van der Waals surface area contributed by atoms with E-state index in [1.165, 1.54) is 6.07 Å². The van der Waals surface area contributed by atoms with Gasteiger partial charge in [0.25, 0.3) is 0 Å². The molecule has 0 fully saturated rings. The smallest absolute Gasteiger partial charge is 0.346 e. The number of terminal acetylenes is 1. The number of fused-ring (bicyclic) bond motifs is 1. The lowest BCUT2D eigenvalue weighted by Crippen LogP contribution is -1.96. The molecule has 3 nitrogen and oxygen atoms in total. The fourth-order valence-electron chi connectivity index (χ4n) is 1.40. The van der Waals surface area contributed by atoms with Gasteiger partial charge in [-0.05, 0) is 24.6 Å². The van der Waals surface area contributed by atoms with E-state index in [2.05, 4.69) is 10.7 Å². The van der Waals surface area contributed by atoms with Gasteiger partial charge in [-0.3, -0.25) is 0 Å². The van der Waals surface area contributed by atoms with Crippen LogP contribution in [0, 0.1) is 19.3 Å². The molecule has 0 aliphatic carbocycles. The molecule has 2 rings (SSSR count). The van der Waals surface area contributed by atoms with Gasteiger partial charge in [0.2, 0.25) is 0 Å². The van der Waals surface area contributed by atoms with E-state index in [1.807, 2.05) is 0 Å². The van der Waals surface area contributed by atoms with Crippen molar-refractivity contribution in [1.82, 2.24) is 0 Å². The lowest BCUT2D eigenvalue weighted by molar-refractivity contribution is 0.0444. The Morgan fingerprint density at radius 2 is 1.79 bits per heavy atom. The minimum Gasteiger partial charge on any atom is -0.386 e. The Morgan fingerprint density at radius 1 is 1.21 bits per heavy atom. The van der Waals surface area contributed by atoms with Crippen molar-refractivity contribution in [2.24, 2.45) is 0 Å². The number of ether oxygens (including phenoxy) is 1. The monoisotopic (exact) mass is 186 g/mol. The molecule has 14 heavy (non-hydrogen) atoms. The first-order valence-electron chi connectivity index (χ1n) is 4.01. The molecule has 3 heteroatoms. The van der Waals surface area contributed by atoms with Gasteiger partial charge in [0.1, 0.15) is 0 Å². The van der Waals surface area contributed by atoms with E-state index in [9.17, 15) is 9.59 Å². The zero-order chi connectivity index (χ0) is 10.3. The van der Waals surface area contributed by atoms with Crippen LogP contribution < -0.4 is 0 Å². The Balaban J connectivity index is 2.73. The Hall–Kier alpha value is -2.08. The van der Waals surface area contributed by atoms with Crippen molar-refractivity contribution in [2.45, 2.75) is 6.92 Å². The molecule has 0 radical (unpaired) electrons. The van der Waals surface area contributed by atoms with E-state index in [1.54, 1.807) is 13.0 Å². The van der Waals surface area contributed by atoms with Crippen LogP contribution >= 0.6 is 0 Å². The first-order valence-corrected chi connectivity index (χ1v) is 4.01. The predicted octanol–water partition coefficient (Wildman–Crippen LogP) is 1.29. The Labute approximate surface area is 80.7 Å². The zero-order valence-corrected chi connectivity index (χ0v) is 7.46. The fraction of sp³-hybridized carbons (Fsp3) is 0.0909. The summed E-state index contributed by atoms with van der Waals surface area (Å²) < 4.78 is 4.44. The highest BCUT2D eigenvalue weighted by molar-refractivity contribution is 6.15.